The van der Waals surface area contributed by atoms with Crippen LogP contribution in [0.1, 0.15) is 24.1 Å². The molecule has 0 radical (unpaired) electrons. The molecule has 0 spiro atoms. The van der Waals surface area contributed by atoms with Gasteiger partial charge < -0.3 is 19.5 Å². The van der Waals surface area contributed by atoms with E-state index in [1.165, 1.54) is 4.90 Å². The normalized spacial score (nSPS) is 16.2. The summed E-state index contributed by atoms with van der Waals surface area (Å²) < 4.78 is 16.4. The summed E-state index contributed by atoms with van der Waals surface area (Å²) in [7, 11) is 3.20. The second kappa shape index (κ2) is 9.35. The Labute approximate surface area is 176 Å². The third kappa shape index (κ3) is 4.56. The number of esters is 1. The van der Waals surface area contributed by atoms with Crippen molar-refractivity contribution in [1.82, 2.24) is 10.2 Å². The van der Waals surface area contributed by atoms with Gasteiger partial charge in [0.05, 0.1) is 31.0 Å². The summed E-state index contributed by atoms with van der Waals surface area (Å²) in [5, 5.41) is 2.90. The molecular weight excluding hydrogens is 384 g/mol. The molecule has 1 N–H and O–H groups in total. The summed E-state index contributed by atoms with van der Waals surface area (Å²) in [5.74, 6) is 0.824. The van der Waals surface area contributed by atoms with Gasteiger partial charge >= 0.3 is 12.0 Å². The minimum absolute atomic E-state index is 0.0344. The van der Waals surface area contributed by atoms with Gasteiger partial charge in [0.25, 0.3) is 0 Å². The Morgan fingerprint density at radius 3 is 2.47 bits per heavy atom. The molecule has 7 heteroatoms. The van der Waals surface area contributed by atoms with Crippen LogP contribution in [0.25, 0.3) is 0 Å². The third-order valence-corrected chi connectivity index (χ3v) is 4.88. The van der Waals surface area contributed by atoms with E-state index in [0.717, 1.165) is 11.1 Å². The summed E-state index contributed by atoms with van der Waals surface area (Å²) in [4.78, 5) is 26.9. The number of aryl methyl sites for hydroxylation is 1. The van der Waals surface area contributed by atoms with E-state index in [4.69, 9.17) is 14.2 Å². The molecule has 1 atom stereocenters. The first-order valence-electron chi connectivity index (χ1n) is 9.72. The number of carbonyl (C=O) groups is 2. The van der Waals surface area contributed by atoms with E-state index in [9.17, 15) is 9.59 Å². The van der Waals surface area contributed by atoms with Gasteiger partial charge in [-0.2, -0.15) is 0 Å². The van der Waals surface area contributed by atoms with E-state index in [2.05, 4.69) is 5.32 Å². The number of carbonyl (C=O) groups excluding carboxylic acids is 2. The van der Waals surface area contributed by atoms with Crippen molar-refractivity contribution in [1.29, 1.82) is 0 Å². The van der Waals surface area contributed by atoms with Gasteiger partial charge in [-0.25, -0.2) is 9.59 Å². The average molecular weight is 410 g/mol. The lowest BCUT2D eigenvalue weighted by atomic mass is 9.94. The summed E-state index contributed by atoms with van der Waals surface area (Å²) in [6, 6.07) is 13.8. The molecule has 0 saturated heterocycles. The minimum atomic E-state index is -0.623. The van der Waals surface area contributed by atoms with Crippen molar-refractivity contribution in [2.75, 3.05) is 27.4 Å². The van der Waals surface area contributed by atoms with Crippen molar-refractivity contribution >= 4 is 12.0 Å². The Kier molecular flexibility index (Phi) is 6.61. The maximum atomic E-state index is 12.9. The van der Waals surface area contributed by atoms with Crippen molar-refractivity contribution in [3.8, 4) is 11.5 Å². The van der Waals surface area contributed by atoms with E-state index in [1.807, 2.05) is 31.2 Å². The Morgan fingerprint density at radius 2 is 1.83 bits per heavy atom. The molecule has 1 aliphatic heterocycles. The first kappa shape index (κ1) is 21.2. The fourth-order valence-electron chi connectivity index (χ4n) is 3.30. The smallest absolute Gasteiger partial charge is 0.338 e. The number of likely N-dealkylation sites (N-methyl/N-ethyl adjacent to an activating group) is 1. The summed E-state index contributed by atoms with van der Waals surface area (Å²) in [6.45, 7) is 3.97. The van der Waals surface area contributed by atoms with Gasteiger partial charge in [-0.05, 0) is 43.7 Å². The highest BCUT2D eigenvalue weighted by molar-refractivity contribution is 5.95. The Hall–Kier alpha value is -3.48. The fraction of sp³-hybridized carbons (Fsp3) is 0.304. The maximum absolute atomic E-state index is 12.9. The molecule has 0 fully saturated rings. The number of nitrogens with one attached hydrogen (secondary N) is 1. The van der Waals surface area contributed by atoms with E-state index in [0.29, 0.717) is 22.8 Å². The van der Waals surface area contributed by atoms with Crippen LogP contribution < -0.4 is 14.8 Å². The number of hydrogen-bond donors (Lipinski definition) is 1. The van der Waals surface area contributed by atoms with Crippen molar-refractivity contribution in [2.45, 2.75) is 19.9 Å². The van der Waals surface area contributed by atoms with Crippen LogP contribution in [0.2, 0.25) is 0 Å². The maximum Gasteiger partial charge on any atom is 0.338 e. The molecule has 2 aromatic rings. The van der Waals surface area contributed by atoms with Crippen LogP contribution in [0.5, 0.6) is 11.5 Å². The monoisotopic (exact) mass is 410 g/mol. The van der Waals surface area contributed by atoms with Crippen molar-refractivity contribution in [2.24, 2.45) is 0 Å². The standard InChI is InChI=1S/C23H26N2O5/c1-5-29-22(26)20-19(14-30-18-11-9-17(28-4)10-12-18)25(3)23(27)24-21(20)16-8-6-7-15(2)13-16/h6-13,21H,5,14H2,1-4H3,(H,24,27)/t21-/m1/s1. The first-order valence-corrected chi connectivity index (χ1v) is 9.72. The minimum Gasteiger partial charge on any atom is -0.497 e. The molecule has 0 aromatic heterocycles. The van der Waals surface area contributed by atoms with Crippen LogP contribution in [0, 0.1) is 6.92 Å². The fourth-order valence-corrected chi connectivity index (χ4v) is 3.30. The Morgan fingerprint density at radius 1 is 1.13 bits per heavy atom. The molecule has 2 aromatic carbocycles. The molecule has 158 valence electrons. The Bertz CT molecular complexity index is 952. The van der Waals surface area contributed by atoms with Gasteiger partial charge in [0.2, 0.25) is 0 Å². The van der Waals surface area contributed by atoms with Crippen molar-refractivity contribution in [3.63, 3.8) is 0 Å². The zero-order valence-electron chi connectivity index (χ0n) is 17.6. The SMILES string of the molecule is CCOC(=O)C1=C(COc2ccc(OC)cc2)N(C)C(=O)N[C@@H]1c1cccc(C)c1. The van der Waals surface area contributed by atoms with Crippen LogP contribution in [0.3, 0.4) is 0 Å². The highest BCUT2D eigenvalue weighted by Gasteiger charge is 2.37. The van der Waals surface area contributed by atoms with E-state index in [-0.39, 0.29) is 19.2 Å². The largest absolute Gasteiger partial charge is 0.497 e. The lowest BCUT2D eigenvalue weighted by molar-refractivity contribution is -0.139. The van der Waals surface area contributed by atoms with E-state index in [1.54, 1.807) is 45.3 Å². The van der Waals surface area contributed by atoms with E-state index >= 15 is 0 Å². The Balaban J connectivity index is 1.99. The van der Waals surface area contributed by atoms with Crippen LogP contribution in [0.4, 0.5) is 4.79 Å². The molecule has 7 nitrogen and oxygen atoms in total. The number of methoxy groups -OCH3 is 1. The molecule has 2 amide bonds. The lowest BCUT2D eigenvalue weighted by Gasteiger charge is -2.34. The van der Waals surface area contributed by atoms with Gasteiger partial charge in [0, 0.05) is 7.05 Å². The highest BCUT2D eigenvalue weighted by atomic mass is 16.5. The van der Waals surface area contributed by atoms with E-state index < -0.39 is 12.0 Å². The predicted octanol–water partition coefficient (Wildman–Crippen LogP) is 3.60. The van der Waals surface area contributed by atoms with Crippen molar-refractivity contribution in [3.05, 3.63) is 70.9 Å². The molecule has 1 heterocycles. The number of hydrogen-bond acceptors (Lipinski definition) is 5. The summed E-state index contributed by atoms with van der Waals surface area (Å²) >= 11 is 0. The van der Waals surface area contributed by atoms with Gasteiger partial charge in [0.1, 0.15) is 18.1 Å². The topological polar surface area (TPSA) is 77.1 Å². The number of nitrogens with zero attached hydrogens (tertiary/aromatic N) is 1. The van der Waals surface area contributed by atoms with Gasteiger partial charge in [-0.15, -0.1) is 0 Å². The quantitative estimate of drug-likeness (QED) is 0.706. The number of ether oxygens (including phenoxy) is 3. The highest BCUT2D eigenvalue weighted by Crippen LogP contribution is 2.32. The molecule has 1 aliphatic rings. The van der Waals surface area contributed by atoms with Gasteiger partial charge in [0.15, 0.2) is 0 Å². The second-order valence-electron chi connectivity index (χ2n) is 6.90. The number of urea groups is 1. The second-order valence-corrected chi connectivity index (χ2v) is 6.90. The molecule has 0 bridgehead atoms. The van der Waals surface area contributed by atoms with Crippen LogP contribution in [-0.2, 0) is 9.53 Å². The van der Waals surface area contributed by atoms with Gasteiger partial charge in [-0.3, -0.25) is 4.90 Å². The molecule has 0 unspecified atom stereocenters. The molecule has 3 rings (SSSR count). The third-order valence-electron chi connectivity index (χ3n) is 4.88. The molecule has 30 heavy (non-hydrogen) atoms. The van der Waals surface area contributed by atoms with Crippen LogP contribution in [-0.4, -0.2) is 44.3 Å². The van der Waals surface area contributed by atoms with Crippen LogP contribution >= 0.6 is 0 Å². The van der Waals surface area contributed by atoms with Crippen LogP contribution in [0.15, 0.2) is 59.8 Å². The first-order chi connectivity index (χ1) is 14.4. The number of benzene rings is 2. The number of amides is 2. The average Bonchev–Trinajstić information content (AvgIpc) is 2.74. The predicted molar refractivity (Wildman–Crippen MR) is 112 cm³/mol. The molecular formula is C23H26N2O5. The molecule has 0 aliphatic carbocycles. The summed E-state index contributed by atoms with van der Waals surface area (Å²) in [6.07, 6.45) is 0. The molecule has 0 saturated carbocycles. The van der Waals surface area contributed by atoms with Gasteiger partial charge in [-0.1, -0.05) is 29.8 Å². The summed E-state index contributed by atoms with van der Waals surface area (Å²) in [5.41, 5.74) is 2.65. The zero-order valence-corrected chi connectivity index (χ0v) is 17.6. The zero-order chi connectivity index (χ0) is 21.7. The van der Waals surface area contributed by atoms with Crippen molar-refractivity contribution < 1.29 is 23.8 Å². The lowest BCUT2D eigenvalue weighted by Crippen LogP contribution is -2.48. The number of rotatable bonds is 7.